The van der Waals surface area contributed by atoms with Crippen molar-refractivity contribution in [2.24, 2.45) is 11.8 Å². The zero-order valence-electron chi connectivity index (χ0n) is 9.63. The van der Waals surface area contributed by atoms with Gasteiger partial charge < -0.3 is 5.32 Å². The molecule has 1 aliphatic carbocycles. The Labute approximate surface area is 94.9 Å². The van der Waals surface area contributed by atoms with Crippen molar-refractivity contribution < 1.29 is 8.78 Å². The molecule has 1 nitrogen and oxygen atoms in total. The molecule has 16 heavy (non-hydrogen) atoms. The summed E-state index contributed by atoms with van der Waals surface area (Å²) in [6.45, 7) is 4.40. The number of anilines is 1. The van der Waals surface area contributed by atoms with Crippen LogP contribution in [-0.4, -0.2) is 6.04 Å². The van der Waals surface area contributed by atoms with Crippen molar-refractivity contribution in [3.63, 3.8) is 0 Å². The number of hydrogen-bond donors (Lipinski definition) is 1. The van der Waals surface area contributed by atoms with E-state index in [1.54, 1.807) is 6.07 Å². The lowest BCUT2D eigenvalue weighted by Crippen LogP contribution is -2.38. The van der Waals surface area contributed by atoms with E-state index >= 15 is 0 Å². The highest BCUT2D eigenvalue weighted by atomic mass is 19.2. The Morgan fingerprint density at radius 2 is 1.94 bits per heavy atom. The van der Waals surface area contributed by atoms with Gasteiger partial charge in [-0.15, -0.1) is 0 Å². The van der Waals surface area contributed by atoms with Gasteiger partial charge in [-0.05, 0) is 36.8 Å². The Bertz CT molecular complexity index is 370. The van der Waals surface area contributed by atoms with Crippen LogP contribution in [0.25, 0.3) is 0 Å². The van der Waals surface area contributed by atoms with Gasteiger partial charge in [0.25, 0.3) is 0 Å². The van der Waals surface area contributed by atoms with Crippen molar-refractivity contribution in [3.05, 3.63) is 29.8 Å². The molecule has 0 atom stereocenters. The molecule has 88 valence electrons. The molecule has 1 aromatic carbocycles. The van der Waals surface area contributed by atoms with Crippen LogP contribution >= 0.6 is 0 Å². The van der Waals surface area contributed by atoms with Crippen LogP contribution in [0.2, 0.25) is 0 Å². The van der Waals surface area contributed by atoms with Gasteiger partial charge in [-0.1, -0.05) is 19.9 Å². The molecule has 1 saturated carbocycles. The van der Waals surface area contributed by atoms with E-state index in [9.17, 15) is 8.78 Å². The van der Waals surface area contributed by atoms with Crippen molar-refractivity contribution in [2.45, 2.75) is 32.7 Å². The summed E-state index contributed by atoms with van der Waals surface area (Å²) in [6.07, 6.45) is 2.10. The fourth-order valence-electron chi connectivity index (χ4n) is 2.16. The van der Waals surface area contributed by atoms with Crippen LogP contribution in [0.3, 0.4) is 0 Å². The second kappa shape index (κ2) is 4.40. The average Bonchev–Trinajstić information content (AvgIpc) is 2.16. The lowest BCUT2D eigenvalue weighted by atomic mass is 9.73. The first-order valence-electron chi connectivity index (χ1n) is 5.78. The average molecular weight is 225 g/mol. The van der Waals surface area contributed by atoms with Gasteiger partial charge in [0, 0.05) is 6.04 Å². The third-order valence-corrected chi connectivity index (χ3v) is 3.43. The van der Waals surface area contributed by atoms with Gasteiger partial charge in [0.1, 0.15) is 0 Å². The van der Waals surface area contributed by atoms with Crippen molar-refractivity contribution >= 4 is 5.69 Å². The molecule has 1 aliphatic rings. The summed E-state index contributed by atoms with van der Waals surface area (Å²) in [5.41, 5.74) is 0.284. The van der Waals surface area contributed by atoms with Crippen LogP contribution in [0.4, 0.5) is 14.5 Å². The minimum Gasteiger partial charge on any atom is -0.380 e. The van der Waals surface area contributed by atoms with Crippen LogP contribution in [0.1, 0.15) is 26.7 Å². The smallest absolute Gasteiger partial charge is 0.181 e. The topological polar surface area (TPSA) is 12.0 Å². The number of benzene rings is 1. The summed E-state index contributed by atoms with van der Waals surface area (Å²) in [6, 6.07) is 4.54. The second-order valence-electron chi connectivity index (χ2n) is 4.92. The molecule has 0 heterocycles. The van der Waals surface area contributed by atoms with Gasteiger partial charge in [0.05, 0.1) is 5.69 Å². The lowest BCUT2D eigenvalue weighted by Gasteiger charge is -2.39. The van der Waals surface area contributed by atoms with Crippen LogP contribution < -0.4 is 5.32 Å². The van der Waals surface area contributed by atoms with Crippen molar-refractivity contribution in [1.29, 1.82) is 0 Å². The monoisotopic (exact) mass is 225 g/mol. The molecule has 3 heteroatoms. The maximum atomic E-state index is 13.3. The zero-order valence-corrected chi connectivity index (χ0v) is 9.63. The van der Waals surface area contributed by atoms with Crippen molar-refractivity contribution in [2.75, 3.05) is 5.32 Å². The standard InChI is InChI=1S/C13H17F2N/c1-8(2)9-6-10(7-9)16-12-5-3-4-11(14)13(12)15/h3-5,8-10,16H,6-7H2,1-2H3. The SMILES string of the molecule is CC(C)C1CC(Nc2cccc(F)c2F)C1. The van der Waals surface area contributed by atoms with E-state index in [-0.39, 0.29) is 5.69 Å². The molecule has 0 saturated heterocycles. The van der Waals surface area contributed by atoms with Crippen molar-refractivity contribution in [1.82, 2.24) is 0 Å². The van der Waals surface area contributed by atoms with E-state index in [1.807, 2.05) is 0 Å². The molecule has 0 spiro atoms. The number of nitrogens with one attached hydrogen (secondary N) is 1. The third-order valence-electron chi connectivity index (χ3n) is 3.43. The first-order chi connectivity index (χ1) is 7.58. The molecular formula is C13H17F2N. The summed E-state index contributed by atoms with van der Waals surface area (Å²) in [7, 11) is 0. The maximum absolute atomic E-state index is 13.3. The molecule has 0 amide bonds. The first kappa shape index (κ1) is 11.4. The number of hydrogen-bond acceptors (Lipinski definition) is 1. The normalized spacial score (nSPS) is 24.3. The molecule has 0 aromatic heterocycles. The molecule has 2 rings (SSSR count). The highest BCUT2D eigenvalue weighted by molar-refractivity contribution is 5.46. The Morgan fingerprint density at radius 1 is 1.25 bits per heavy atom. The minimum absolute atomic E-state index is 0.284. The fourth-order valence-corrected chi connectivity index (χ4v) is 2.16. The Morgan fingerprint density at radius 3 is 2.56 bits per heavy atom. The fraction of sp³-hybridized carbons (Fsp3) is 0.538. The quantitative estimate of drug-likeness (QED) is 0.824. The van der Waals surface area contributed by atoms with Gasteiger partial charge in [-0.2, -0.15) is 0 Å². The molecule has 0 bridgehead atoms. The summed E-state index contributed by atoms with van der Waals surface area (Å²) < 4.78 is 26.3. The Balaban J connectivity index is 1.94. The number of halogens is 2. The van der Waals surface area contributed by atoms with E-state index < -0.39 is 11.6 Å². The second-order valence-corrected chi connectivity index (χ2v) is 4.92. The molecular weight excluding hydrogens is 208 g/mol. The minimum atomic E-state index is -0.787. The van der Waals surface area contributed by atoms with Gasteiger partial charge in [-0.25, -0.2) is 8.78 Å². The van der Waals surface area contributed by atoms with E-state index in [0.29, 0.717) is 17.9 Å². The van der Waals surface area contributed by atoms with E-state index in [4.69, 9.17) is 0 Å². The molecule has 1 N–H and O–H groups in total. The van der Waals surface area contributed by atoms with Gasteiger partial charge in [-0.3, -0.25) is 0 Å². The zero-order chi connectivity index (χ0) is 11.7. The molecule has 0 aliphatic heterocycles. The van der Waals surface area contributed by atoms with Crippen molar-refractivity contribution in [3.8, 4) is 0 Å². The van der Waals surface area contributed by atoms with Crippen LogP contribution in [-0.2, 0) is 0 Å². The first-order valence-corrected chi connectivity index (χ1v) is 5.78. The summed E-state index contributed by atoms with van der Waals surface area (Å²) in [5.74, 6) is -0.162. The molecule has 0 radical (unpaired) electrons. The van der Waals surface area contributed by atoms with Gasteiger partial charge in [0.2, 0.25) is 0 Å². The molecule has 1 fully saturated rings. The highest BCUT2D eigenvalue weighted by Gasteiger charge is 2.31. The van der Waals surface area contributed by atoms with E-state index in [1.165, 1.54) is 6.07 Å². The van der Waals surface area contributed by atoms with Gasteiger partial charge in [0.15, 0.2) is 11.6 Å². The predicted octanol–water partition coefficient (Wildman–Crippen LogP) is 3.81. The molecule has 0 unspecified atom stereocenters. The summed E-state index contributed by atoms with van der Waals surface area (Å²) >= 11 is 0. The Kier molecular flexibility index (Phi) is 3.13. The summed E-state index contributed by atoms with van der Waals surface area (Å²) in [5, 5.41) is 3.06. The van der Waals surface area contributed by atoms with E-state index in [2.05, 4.69) is 19.2 Å². The largest absolute Gasteiger partial charge is 0.380 e. The maximum Gasteiger partial charge on any atom is 0.181 e. The van der Waals surface area contributed by atoms with Crippen LogP contribution in [0, 0.1) is 23.5 Å². The van der Waals surface area contributed by atoms with Crippen LogP contribution in [0.15, 0.2) is 18.2 Å². The highest BCUT2D eigenvalue weighted by Crippen LogP contribution is 2.35. The lowest BCUT2D eigenvalue weighted by molar-refractivity contribution is 0.211. The third kappa shape index (κ3) is 2.18. The molecule has 1 aromatic rings. The Hall–Kier alpha value is -1.12. The number of rotatable bonds is 3. The summed E-state index contributed by atoms with van der Waals surface area (Å²) in [4.78, 5) is 0. The van der Waals surface area contributed by atoms with Crippen LogP contribution in [0.5, 0.6) is 0 Å². The van der Waals surface area contributed by atoms with E-state index in [0.717, 1.165) is 18.9 Å². The van der Waals surface area contributed by atoms with Gasteiger partial charge >= 0.3 is 0 Å². The predicted molar refractivity (Wildman–Crippen MR) is 61.3 cm³/mol.